The number of aromatic nitrogens is 1. The largest absolute Gasteiger partial charge is 0.457 e. The van der Waals surface area contributed by atoms with Gasteiger partial charge in [-0.2, -0.15) is 0 Å². The SMILES string of the molecule is CCCn1c(C)cc(C(=O)COC(=O)C[C@H]2Sc3ccccc3NC2=O)c1C. The number of carbonyl (C=O) groups excluding carboxylic acids is 3. The lowest BCUT2D eigenvalue weighted by Gasteiger charge is -2.23. The first-order valence-corrected chi connectivity index (χ1v) is 10.2. The third-order valence-electron chi connectivity index (χ3n) is 4.74. The van der Waals surface area contributed by atoms with E-state index < -0.39 is 11.2 Å². The Morgan fingerprint density at radius 2 is 2.00 bits per heavy atom. The molecule has 0 bridgehead atoms. The Morgan fingerprint density at radius 1 is 1.25 bits per heavy atom. The maximum atomic E-state index is 12.5. The number of carbonyl (C=O) groups is 3. The van der Waals surface area contributed by atoms with E-state index in [4.69, 9.17) is 4.74 Å². The minimum absolute atomic E-state index is 0.0764. The van der Waals surface area contributed by atoms with Crippen LogP contribution in [0.5, 0.6) is 0 Å². The smallest absolute Gasteiger partial charge is 0.307 e. The van der Waals surface area contributed by atoms with Crippen LogP contribution in [0.1, 0.15) is 41.5 Å². The van der Waals surface area contributed by atoms with Gasteiger partial charge in [0.05, 0.1) is 17.4 Å². The van der Waals surface area contributed by atoms with E-state index in [2.05, 4.69) is 16.8 Å². The number of Topliss-reactive ketones (excluding diaryl/α,β-unsaturated/α-hetero) is 1. The first-order chi connectivity index (χ1) is 13.4. The van der Waals surface area contributed by atoms with Crippen molar-refractivity contribution >= 4 is 35.1 Å². The lowest BCUT2D eigenvalue weighted by atomic mass is 10.1. The van der Waals surface area contributed by atoms with E-state index in [0.717, 1.165) is 34.9 Å². The standard InChI is InChI=1S/C21H24N2O4S/c1-4-9-23-13(2)10-15(14(23)3)17(24)12-27-20(25)11-19-21(26)22-16-7-5-6-8-18(16)28-19/h5-8,10,19H,4,9,11-12H2,1-3H3,(H,22,26)/t19-/m1/s1. The Kier molecular flexibility index (Phi) is 6.24. The number of amides is 1. The molecule has 1 aromatic carbocycles. The van der Waals surface area contributed by atoms with Crippen LogP contribution in [0.15, 0.2) is 35.2 Å². The van der Waals surface area contributed by atoms with Gasteiger partial charge in [0, 0.05) is 28.4 Å². The fourth-order valence-electron chi connectivity index (χ4n) is 3.31. The minimum Gasteiger partial charge on any atom is -0.457 e. The molecule has 1 aliphatic rings. The highest BCUT2D eigenvalue weighted by Gasteiger charge is 2.29. The molecule has 28 heavy (non-hydrogen) atoms. The van der Waals surface area contributed by atoms with Crippen LogP contribution < -0.4 is 5.32 Å². The molecule has 0 saturated heterocycles. The quantitative estimate of drug-likeness (QED) is 0.566. The molecular weight excluding hydrogens is 376 g/mol. The Bertz CT molecular complexity index is 919. The summed E-state index contributed by atoms with van der Waals surface area (Å²) < 4.78 is 7.26. The van der Waals surface area contributed by atoms with E-state index in [1.807, 2.05) is 44.2 Å². The van der Waals surface area contributed by atoms with Gasteiger partial charge in [-0.1, -0.05) is 19.1 Å². The number of para-hydroxylation sites is 1. The van der Waals surface area contributed by atoms with Crippen molar-refractivity contribution in [3.05, 3.63) is 47.3 Å². The van der Waals surface area contributed by atoms with Crippen molar-refractivity contribution in [3.8, 4) is 0 Å². The summed E-state index contributed by atoms with van der Waals surface area (Å²) >= 11 is 1.34. The number of hydrogen-bond acceptors (Lipinski definition) is 5. The van der Waals surface area contributed by atoms with Crippen LogP contribution in [0.3, 0.4) is 0 Å². The molecule has 7 heteroatoms. The number of nitrogens with one attached hydrogen (secondary N) is 1. The summed E-state index contributed by atoms with van der Waals surface area (Å²) in [6, 6.07) is 9.28. The Labute approximate surface area is 168 Å². The zero-order valence-electron chi connectivity index (χ0n) is 16.3. The van der Waals surface area contributed by atoms with Gasteiger partial charge in [-0.15, -0.1) is 11.8 Å². The molecule has 0 fully saturated rings. The third kappa shape index (κ3) is 4.30. The molecule has 0 unspecified atom stereocenters. The molecule has 0 saturated carbocycles. The monoisotopic (exact) mass is 400 g/mol. The number of anilines is 1. The summed E-state index contributed by atoms with van der Waals surface area (Å²) in [7, 11) is 0. The van der Waals surface area contributed by atoms with Gasteiger partial charge in [0.2, 0.25) is 11.7 Å². The van der Waals surface area contributed by atoms with Crippen LogP contribution in [0.4, 0.5) is 5.69 Å². The van der Waals surface area contributed by atoms with Crippen molar-refractivity contribution in [3.63, 3.8) is 0 Å². The molecule has 1 N–H and O–H groups in total. The van der Waals surface area contributed by atoms with Gasteiger partial charge in [0.25, 0.3) is 0 Å². The highest BCUT2D eigenvalue weighted by Crippen LogP contribution is 2.36. The Balaban J connectivity index is 1.57. The maximum Gasteiger partial charge on any atom is 0.307 e. The number of thioether (sulfide) groups is 1. The van der Waals surface area contributed by atoms with Crippen molar-refractivity contribution in [2.45, 2.75) is 50.3 Å². The molecule has 6 nitrogen and oxygen atoms in total. The topological polar surface area (TPSA) is 77.4 Å². The lowest BCUT2D eigenvalue weighted by Crippen LogP contribution is -2.31. The normalized spacial score (nSPS) is 15.7. The summed E-state index contributed by atoms with van der Waals surface area (Å²) in [6.07, 6.45) is 0.899. The molecule has 0 radical (unpaired) electrons. The van der Waals surface area contributed by atoms with Crippen molar-refractivity contribution < 1.29 is 19.1 Å². The molecule has 2 heterocycles. The molecule has 0 spiro atoms. The molecule has 2 aromatic rings. The summed E-state index contributed by atoms with van der Waals surface area (Å²) in [4.78, 5) is 37.8. The molecule has 1 amide bonds. The fraction of sp³-hybridized carbons (Fsp3) is 0.381. The molecule has 1 atom stereocenters. The van der Waals surface area contributed by atoms with Gasteiger partial charge in [-0.05, 0) is 38.5 Å². The Morgan fingerprint density at radius 3 is 2.75 bits per heavy atom. The second kappa shape index (κ2) is 8.65. The first kappa shape index (κ1) is 20.2. The number of aryl methyl sites for hydroxylation is 1. The average Bonchev–Trinajstić information content (AvgIpc) is 2.95. The number of hydrogen-bond donors (Lipinski definition) is 1. The summed E-state index contributed by atoms with van der Waals surface area (Å²) in [5.41, 5.74) is 3.24. The number of esters is 1. The van der Waals surface area contributed by atoms with E-state index in [-0.39, 0.29) is 24.7 Å². The highest BCUT2D eigenvalue weighted by molar-refractivity contribution is 8.01. The van der Waals surface area contributed by atoms with E-state index in [1.54, 1.807) is 0 Å². The molecule has 0 aliphatic carbocycles. The average molecular weight is 401 g/mol. The molecule has 1 aliphatic heterocycles. The zero-order chi connectivity index (χ0) is 20.3. The van der Waals surface area contributed by atoms with E-state index in [0.29, 0.717) is 5.56 Å². The maximum absolute atomic E-state index is 12.5. The van der Waals surface area contributed by atoms with Crippen molar-refractivity contribution in [2.24, 2.45) is 0 Å². The summed E-state index contributed by atoms with van der Waals surface area (Å²) in [6.45, 7) is 6.48. The van der Waals surface area contributed by atoms with Crippen LogP contribution in [0, 0.1) is 13.8 Å². The molecule has 3 rings (SSSR count). The molecular formula is C21H24N2O4S. The first-order valence-electron chi connectivity index (χ1n) is 9.32. The lowest BCUT2D eigenvalue weighted by molar-refractivity contribution is -0.143. The number of rotatable bonds is 7. The molecule has 148 valence electrons. The van der Waals surface area contributed by atoms with Crippen LogP contribution in [-0.2, 0) is 20.9 Å². The predicted octanol–water partition coefficient (Wildman–Crippen LogP) is 3.74. The van der Waals surface area contributed by atoms with Gasteiger partial charge >= 0.3 is 5.97 Å². The van der Waals surface area contributed by atoms with E-state index in [9.17, 15) is 14.4 Å². The second-order valence-corrected chi connectivity index (χ2v) is 8.06. The number of benzene rings is 1. The number of fused-ring (bicyclic) bond motifs is 1. The van der Waals surface area contributed by atoms with E-state index in [1.165, 1.54) is 11.8 Å². The number of ether oxygens (including phenoxy) is 1. The van der Waals surface area contributed by atoms with Crippen molar-refractivity contribution in [1.29, 1.82) is 0 Å². The fourth-order valence-corrected chi connectivity index (χ4v) is 4.41. The summed E-state index contributed by atoms with van der Waals surface area (Å²) in [5.74, 6) is -1.01. The van der Waals surface area contributed by atoms with Crippen LogP contribution in [0.2, 0.25) is 0 Å². The van der Waals surface area contributed by atoms with Gasteiger partial charge in [-0.25, -0.2) is 0 Å². The van der Waals surface area contributed by atoms with Gasteiger partial charge in [0.15, 0.2) is 6.61 Å². The number of nitrogens with zero attached hydrogens (tertiary/aromatic N) is 1. The van der Waals surface area contributed by atoms with Crippen molar-refractivity contribution in [2.75, 3.05) is 11.9 Å². The van der Waals surface area contributed by atoms with E-state index >= 15 is 0 Å². The highest BCUT2D eigenvalue weighted by atomic mass is 32.2. The van der Waals surface area contributed by atoms with Gasteiger partial charge in [0.1, 0.15) is 0 Å². The van der Waals surface area contributed by atoms with Crippen LogP contribution in [-0.4, -0.2) is 34.1 Å². The zero-order valence-corrected chi connectivity index (χ0v) is 17.1. The number of ketones is 1. The summed E-state index contributed by atoms with van der Waals surface area (Å²) in [5, 5.41) is 2.23. The molecule has 1 aromatic heterocycles. The predicted molar refractivity (Wildman–Crippen MR) is 109 cm³/mol. The second-order valence-electron chi connectivity index (χ2n) is 6.82. The van der Waals surface area contributed by atoms with Crippen LogP contribution >= 0.6 is 11.8 Å². The van der Waals surface area contributed by atoms with Gasteiger partial charge < -0.3 is 14.6 Å². The van der Waals surface area contributed by atoms with Crippen molar-refractivity contribution in [1.82, 2.24) is 4.57 Å². The minimum atomic E-state index is -0.563. The Hall–Kier alpha value is -2.54. The van der Waals surface area contributed by atoms with Gasteiger partial charge in [-0.3, -0.25) is 14.4 Å². The third-order valence-corrected chi connectivity index (χ3v) is 6.02. The van der Waals surface area contributed by atoms with Crippen LogP contribution in [0.25, 0.3) is 0 Å².